The topological polar surface area (TPSA) is 9.23 Å². The lowest BCUT2D eigenvalue weighted by Crippen LogP contribution is -2.28. The molecular formula is C23H40O. The molecule has 0 unspecified atom stereocenters. The van der Waals surface area contributed by atoms with Crippen LogP contribution in [0.4, 0.5) is 0 Å². The van der Waals surface area contributed by atoms with Gasteiger partial charge in [-0.3, -0.25) is 0 Å². The third kappa shape index (κ3) is 7.13. The van der Waals surface area contributed by atoms with E-state index in [0.717, 1.165) is 30.8 Å². The van der Waals surface area contributed by atoms with Crippen LogP contribution in [0.25, 0.3) is 0 Å². The van der Waals surface area contributed by atoms with E-state index in [-0.39, 0.29) is 0 Å². The van der Waals surface area contributed by atoms with E-state index in [1.54, 1.807) is 0 Å². The number of rotatable bonds is 9. The number of ether oxygens (including phenoxy) is 1. The summed E-state index contributed by atoms with van der Waals surface area (Å²) in [5.41, 5.74) is 0. The van der Waals surface area contributed by atoms with Crippen molar-refractivity contribution in [2.24, 2.45) is 17.8 Å². The summed E-state index contributed by atoms with van der Waals surface area (Å²) in [4.78, 5) is 0. The second kappa shape index (κ2) is 11.9. The van der Waals surface area contributed by atoms with Crippen molar-refractivity contribution in [2.45, 2.75) is 97.0 Å². The summed E-state index contributed by atoms with van der Waals surface area (Å²) in [5, 5.41) is 0. The van der Waals surface area contributed by atoms with Gasteiger partial charge in [-0.1, -0.05) is 44.1 Å². The average molecular weight is 333 g/mol. The summed E-state index contributed by atoms with van der Waals surface area (Å²) in [6.07, 6.45) is 26.0. The Balaban J connectivity index is 1.57. The highest BCUT2D eigenvalue weighted by Crippen LogP contribution is 2.41. The molecular weight excluding hydrogens is 292 g/mol. The van der Waals surface area contributed by atoms with Gasteiger partial charge in [0.2, 0.25) is 0 Å². The van der Waals surface area contributed by atoms with E-state index in [1.165, 1.54) is 70.6 Å². The number of allylic oxidation sites excluding steroid dienone is 3. The van der Waals surface area contributed by atoms with Crippen molar-refractivity contribution < 1.29 is 4.74 Å². The van der Waals surface area contributed by atoms with Crippen LogP contribution in [0.2, 0.25) is 0 Å². The first-order valence-corrected chi connectivity index (χ1v) is 10.7. The highest BCUT2D eigenvalue weighted by molar-refractivity contribution is 4.85. The van der Waals surface area contributed by atoms with Crippen molar-refractivity contribution in [1.82, 2.24) is 0 Å². The third-order valence-electron chi connectivity index (χ3n) is 6.29. The van der Waals surface area contributed by atoms with Crippen molar-refractivity contribution >= 4 is 0 Å². The van der Waals surface area contributed by atoms with Crippen LogP contribution in [0.3, 0.4) is 0 Å². The lowest BCUT2D eigenvalue weighted by atomic mass is 9.70. The summed E-state index contributed by atoms with van der Waals surface area (Å²) in [7, 11) is 0. The molecule has 0 heterocycles. The van der Waals surface area contributed by atoms with Gasteiger partial charge in [0, 0.05) is 0 Å². The maximum atomic E-state index is 6.04. The van der Waals surface area contributed by atoms with Gasteiger partial charge in [-0.25, -0.2) is 0 Å². The van der Waals surface area contributed by atoms with Crippen molar-refractivity contribution in [3.05, 3.63) is 24.3 Å². The molecule has 0 N–H and O–H groups in total. The fourth-order valence-electron chi connectivity index (χ4n) is 4.76. The fraction of sp³-hybridized carbons (Fsp3) is 0.826. The largest absolute Gasteiger partial charge is 0.378 e. The first-order valence-electron chi connectivity index (χ1n) is 10.7. The minimum Gasteiger partial charge on any atom is -0.378 e. The van der Waals surface area contributed by atoms with Crippen molar-refractivity contribution in [2.75, 3.05) is 6.61 Å². The Bertz CT molecular complexity index is 354. The Morgan fingerprint density at radius 3 is 2.08 bits per heavy atom. The molecule has 0 aromatic rings. The maximum Gasteiger partial charge on any atom is 0.0575 e. The standard InChI is InChI=1S/C23H40O/c1-3-5-7-8-10-20-11-13-21(14-12-20)22-15-17-23(18-16-22)24-19-9-6-4-2/h4-7,20-23H,3,8-19H2,1-2H3/b6-4-,7-5+. The molecule has 0 atom stereocenters. The lowest BCUT2D eigenvalue weighted by Gasteiger charge is -2.37. The van der Waals surface area contributed by atoms with Crippen LogP contribution in [0, 0.1) is 17.8 Å². The molecule has 1 nitrogen and oxygen atoms in total. The molecule has 0 saturated heterocycles. The van der Waals surface area contributed by atoms with E-state index >= 15 is 0 Å². The van der Waals surface area contributed by atoms with Gasteiger partial charge in [0.05, 0.1) is 12.7 Å². The maximum absolute atomic E-state index is 6.04. The van der Waals surface area contributed by atoms with Crippen LogP contribution < -0.4 is 0 Å². The Labute approximate surface area is 150 Å². The summed E-state index contributed by atoms with van der Waals surface area (Å²) < 4.78 is 6.04. The summed E-state index contributed by atoms with van der Waals surface area (Å²) in [5.74, 6) is 3.03. The van der Waals surface area contributed by atoms with Gasteiger partial charge in [0.1, 0.15) is 0 Å². The molecule has 138 valence electrons. The first kappa shape index (κ1) is 19.8. The van der Waals surface area contributed by atoms with Gasteiger partial charge < -0.3 is 4.74 Å². The monoisotopic (exact) mass is 332 g/mol. The highest BCUT2D eigenvalue weighted by atomic mass is 16.5. The van der Waals surface area contributed by atoms with E-state index in [0.29, 0.717) is 6.10 Å². The molecule has 2 aliphatic rings. The molecule has 0 aliphatic heterocycles. The SMILES string of the molecule is C/C=C\CCOC1CCC(C2CCC(CC/C=C/CC)CC2)CC1. The highest BCUT2D eigenvalue weighted by Gasteiger charge is 2.30. The van der Waals surface area contributed by atoms with Gasteiger partial charge in [-0.05, 0) is 88.9 Å². The van der Waals surface area contributed by atoms with E-state index in [9.17, 15) is 0 Å². The zero-order chi connectivity index (χ0) is 17.0. The Morgan fingerprint density at radius 2 is 1.46 bits per heavy atom. The third-order valence-corrected chi connectivity index (χ3v) is 6.29. The van der Waals surface area contributed by atoms with Crippen LogP contribution in [-0.4, -0.2) is 12.7 Å². The second-order valence-corrected chi connectivity index (χ2v) is 8.00. The Hall–Kier alpha value is -0.560. The lowest BCUT2D eigenvalue weighted by molar-refractivity contribution is 0.00913. The molecule has 24 heavy (non-hydrogen) atoms. The number of hydrogen-bond donors (Lipinski definition) is 0. The Morgan fingerprint density at radius 1 is 0.792 bits per heavy atom. The molecule has 2 fully saturated rings. The second-order valence-electron chi connectivity index (χ2n) is 8.00. The first-order chi connectivity index (χ1) is 11.8. The molecule has 0 amide bonds. The predicted molar refractivity (Wildman–Crippen MR) is 105 cm³/mol. The molecule has 0 radical (unpaired) electrons. The predicted octanol–water partition coefficient (Wildman–Crippen LogP) is 7.08. The van der Waals surface area contributed by atoms with Gasteiger partial charge in [0.15, 0.2) is 0 Å². The van der Waals surface area contributed by atoms with E-state index < -0.39 is 0 Å². The molecule has 0 aromatic carbocycles. The van der Waals surface area contributed by atoms with Gasteiger partial charge in [-0.2, -0.15) is 0 Å². The summed E-state index contributed by atoms with van der Waals surface area (Å²) >= 11 is 0. The zero-order valence-electron chi connectivity index (χ0n) is 16.2. The minimum atomic E-state index is 0.549. The van der Waals surface area contributed by atoms with Crippen LogP contribution in [0.1, 0.15) is 90.9 Å². The van der Waals surface area contributed by atoms with Crippen LogP contribution in [0.5, 0.6) is 0 Å². The molecule has 0 aromatic heterocycles. The summed E-state index contributed by atoms with van der Waals surface area (Å²) in [6, 6.07) is 0. The quantitative estimate of drug-likeness (QED) is 0.324. The van der Waals surface area contributed by atoms with E-state index in [1.807, 2.05) is 0 Å². The summed E-state index contributed by atoms with van der Waals surface area (Å²) in [6.45, 7) is 5.23. The molecule has 2 rings (SSSR count). The van der Waals surface area contributed by atoms with Crippen molar-refractivity contribution in [3.63, 3.8) is 0 Å². The van der Waals surface area contributed by atoms with Crippen LogP contribution >= 0.6 is 0 Å². The van der Waals surface area contributed by atoms with Crippen molar-refractivity contribution in [1.29, 1.82) is 0 Å². The molecule has 0 bridgehead atoms. The van der Waals surface area contributed by atoms with Crippen LogP contribution in [0.15, 0.2) is 24.3 Å². The number of hydrogen-bond acceptors (Lipinski definition) is 1. The van der Waals surface area contributed by atoms with E-state index in [4.69, 9.17) is 4.74 Å². The van der Waals surface area contributed by atoms with Gasteiger partial charge in [0.25, 0.3) is 0 Å². The Kier molecular flexibility index (Phi) is 9.80. The van der Waals surface area contributed by atoms with Gasteiger partial charge >= 0.3 is 0 Å². The van der Waals surface area contributed by atoms with Crippen molar-refractivity contribution in [3.8, 4) is 0 Å². The molecule has 2 aliphatic carbocycles. The fourth-order valence-corrected chi connectivity index (χ4v) is 4.76. The molecule has 1 heteroatoms. The van der Waals surface area contributed by atoms with E-state index in [2.05, 4.69) is 38.2 Å². The molecule has 2 saturated carbocycles. The molecule has 0 spiro atoms. The van der Waals surface area contributed by atoms with Crippen LogP contribution in [-0.2, 0) is 4.74 Å². The van der Waals surface area contributed by atoms with Gasteiger partial charge in [-0.15, -0.1) is 0 Å². The smallest absolute Gasteiger partial charge is 0.0575 e. The zero-order valence-corrected chi connectivity index (χ0v) is 16.2. The normalized spacial score (nSPS) is 31.9. The minimum absolute atomic E-state index is 0.549. The average Bonchev–Trinajstić information content (AvgIpc) is 2.64.